The number of hydrogen-bond donors (Lipinski definition) is 1. The van der Waals surface area contributed by atoms with E-state index in [1.807, 2.05) is 24.4 Å². The normalized spacial score (nSPS) is 27.6. The minimum Gasteiger partial charge on any atom is -0.364 e. The highest BCUT2D eigenvalue weighted by molar-refractivity contribution is 5.93. The summed E-state index contributed by atoms with van der Waals surface area (Å²) in [6.07, 6.45) is 4.40. The summed E-state index contributed by atoms with van der Waals surface area (Å²) in [4.78, 5) is 7.01. The van der Waals surface area contributed by atoms with E-state index in [1.165, 1.54) is 25.9 Å². The molecule has 1 N–H and O–H groups in total. The molecule has 0 saturated carbocycles. The fourth-order valence-electron chi connectivity index (χ4n) is 4.60. The van der Waals surface area contributed by atoms with Crippen LogP contribution < -0.4 is 5.32 Å². The van der Waals surface area contributed by atoms with Gasteiger partial charge in [0, 0.05) is 29.2 Å². The molecule has 0 aliphatic carbocycles. The number of anilines is 1. The van der Waals surface area contributed by atoms with Crippen LogP contribution in [0.1, 0.15) is 19.8 Å². The Bertz CT molecular complexity index is 908. The monoisotopic (exact) mass is 345 g/mol. The number of aromatic nitrogens is 3. The topological polar surface area (TPSA) is 53.9 Å². The zero-order chi connectivity index (χ0) is 17.5. The lowest BCUT2D eigenvalue weighted by Gasteiger charge is -2.50. The Labute approximate surface area is 153 Å². The van der Waals surface area contributed by atoms with Crippen molar-refractivity contribution >= 4 is 16.7 Å². The molecule has 0 radical (unpaired) electrons. The van der Waals surface area contributed by atoms with Gasteiger partial charge in [-0.2, -0.15) is 0 Å². The second-order valence-corrected chi connectivity index (χ2v) is 7.46. The van der Waals surface area contributed by atoms with Crippen LogP contribution in [-0.2, 0) is 0 Å². The molecule has 132 valence electrons. The van der Waals surface area contributed by atoms with Crippen LogP contribution in [0, 0.1) is 5.92 Å². The summed E-state index contributed by atoms with van der Waals surface area (Å²) < 4.78 is 0. The van der Waals surface area contributed by atoms with Gasteiger partial charge >= 0.3 is 0 Å². The van der Waals surface area contributed by atoms with Gasteiger partial charge in [0.15, 0.2) is 0 Å². The van der Waals surface area contributed by atoms with Crippen molar-refractivity contribution in [3.63, 3.8) is 0 Å². The van der Waals surface area contributed by atoms with Crippen LogP contribution in [0.5, 0.6) is 0 Å². The summed E-state index contributed by atoms with van der Waals surface area (Å²) in [5.41, 5.74) is 2.94. The van der Waals surface area contributed by atoms with Gasteiger partial charge in [0.1, 0.15) is 5.82 Å². The van der Waals surface area contributed by atoms with E-state index in [2.05, 4.69) is 56.6 Å². The van der Waals surface area contributed by atoms with E-state index in [0.29, 0.717) is 12.1 Å². The fraction of sp³-hybridized carbons (Fsp3) is 0.381. The molecule has 26 heavy (non-hydrogen) atoms. The molecule has 3 saturated heterocycles. The van der Waals surface area contributed by atoms with Gasteiger partial charge in [-0.05, 0) is 63.0 Å². The van der Waals surface area contributed by atoms with Crippen molar-refractivity contribution in [1.82, 2.24) is 20.1 Å². The molecule has 2 unspecified atom stereocenters. The van der Waals surface area contributed by atoms with E-state index < -0.39 is 0 Å². The second kappa shape index (κ2) is 6.32. The maximum Gasteiger partial charge on any atom is 0.148 e. The number of benzene rings is 1. The average Bonchev–Trinajstić information content (AvgIpc) is 2.71. The van der Waals surface area contributed by atoms with Crippen LogP contribution in [0.3, 0.4) is 0 Å². The van der Waals surface area contributed by atoms with Crippen molar-refractivity contribution < 1.29 is 0 Å². The van der Waals surface area contributed by atoms with E-state index in [4.69, 9.17) is 0 Å². The summed E-state index contributed by atoms with van der Waals surface area (Å²) >= 11 is 0. The van der Waals surface area contributed by atoms with Crippen LogP contribution in [0.2, 0.25) is 0 Å². The minimum atomic E-state index is 0.472. The van der Waals surface area contributed by atoms with Gasteiger partial charge in [0.2, 0.25) is 0 Å². The quantitative estimate of drug-likeness (QED) is 0.786. The second-order valence-electron chi connectivity index (χ2n) is 7.46. The molecule has 3 aliphatic rings. The molecule has 3 aromatic rings. The van der Waals surface area contributed by atoms with E-state index in [-0.39, 0.29) is 0 Å². The molecule has 1 aromatic carbocycles. The lowest BCUT2D eigenvalue weighted by molar-refractivity contribution is 0.0457. The average molecular weight is 345 g/mol. The first-order valence-electron chi connectivity index (χ1n) is 9.48. The Hall–Kier alpha value is -2.53. The van der Waals surface area contributed by atoms with E-state index in [0.717, 1.165) is 33.9 Å². The van der Waals surface area contributed by atoms with Gasteiger partial charge < -0.3 is 5.32 Å². The summed E-state index contributed by atoms with van der Waals surface area (Å²) in [7, 11) is 0. The number of pyridine rings is 1. The van der Waals surface area contributed by atoms with Crippen LogP contribution >= 0.6 is 0 Å². The highest BCUT2D eigenvalue weighted by atomic mass is 15.2. The summed E-state index contributed by atoms with van der Waals surface area (Å²) in [5, 5.41) is 13.7. The summed E-state index contributed by atoms with van der Waals surface area (Å²) in [5.74, 6) is 1.62. The van der Waals surface area contributed by atoms with Gasteiger partial charge in [-0.25, -0.2) is 0 Å². The Kier molecular flexibility index (Phi) is 3.82. The third-order valence-electron chi connectivity index (χ3n) is 6.08. The fourth-order valence-corrected chi connectivity index (χ4v) is 4.60. The molecular weight excluding hydrogens is 322 g/mol. The van der Waals surface area contributed by atoms with E-state index >= 15 is 0 Å². The molecule has 6 rings (SSSR count). The summed E-state index contributed by atoms with van der Waals surface area (Å²) in [6, 6.07) is 15.3. The molecule has 0 spiro atoms. The molecule has 2 bridgehead atoms. The molecule has 5 heteroatoms. The van der Waals surface area contributed by atoms with Crippen LogP contribution in [0.25, 0.3) is 22.2 Å². The predicted molar refractivity (Wildman–Crippen MR) is 104 cm³/mol. The van der Waals surface area contributed by atoms with Gasteiger partial charge in [0.25, 0.3) is 0 Å². The molecule has 3 aliphatic heterocycles. The molecule has 2 atom stereocenters. The standard InChI is InChI=1S/C21H23N5/c1-14-21(15-9-12-26(14)13-10-15)23-20-8-7-19(24-25-20)17-4-2-6-18-16(17)5-3-11-22-18/h2-8,11,14-15,21H,9-10,12-13H2,1H3,(H,23,25). The molecular formula is C21H23N5. The Morgan fingerprint density at radius 2 is 1.88 bits per heavy atom. The number of nitrogens with zero attached hydrogens (tertiary/aromatic N) is 4. The van der Waals surface area contributed by atoms with E-state index in [9.17, 15) is 0 Å². The van der Waals surface area contributed by atoms with Crippen LogP contribution in [-0.4, -0.2) is 45.3 Å². The van der Waals surface area contributed by atoms with Gasteiger partial charge in [-0.3, -0.25) is 9.88 Å². The smallest absolute Gasteiger partial charge is 0.148 e. The Balaban J connectivity index is 1.41. The Morgan fingerprint density at radius 3 is 2.65 bits per heavy atom. The molecule has 5 nitrogen and oxygen atoms in total. The molecule has 0 amide bonds. The lowest BCUT2D eigenvalue weighted by Crippen LogP contribution is -2.59. The zero-order valence-corrected chi connectivity index (χ0v) is 15.0. The SMILES string of the molecule is CC1C(Nc2ccc(-c3cccc4ncccc34)nn2)C2CCN1CC2. The maximum absolute atomic E-state index is 4.50. The van der Waals surface area contributed by atoms with E-state index in [1.54, 1.807) is 0 Å². The van der Waals surface area contributed by atoms with Crippen molar-refractivity contribution in [2.45, 2.75) is 31.8 Å². The highest BCUT2D eigenvalue weighted by Crippen LogP contribution is 2.34. The number of rotatable bonds is 3. The third-order valence-corrected chi connectivity index (χ3v) is 6.08. The number of piperidine rings is 3. The van der Waals surface area contributed by atoms with Crippen molar-refractivity contribution in [3.05, 3.63) is 48.7 Å². The highest BCUT2D eigenvalue weighted by Gasteiger charge is 2.39. The van der Waals surface area contributed by atoms with Gasteiger partial charge in [-0.1, -0.05) is 18.2 Å². The first-order chi connectivity index (χ1) is 12.8. The lowest BCUT2D eigenvalue weighted by atomic mass is 9.79. The van der Waals surface area contributed by atoms with Gasteiger partial charge in [-0.15, -0.1) is 10.2 Å². The summed E-state index contributed by atoms with van der Waals surface area (Å²) in [6.45, 7) is 4.81. The van der Waals surface area contributed by atoms with Crippen LogP contribution in [0.4, 0.5) is 5.82 Å². The number of fused-ring (bicyclic) bond motifs is 4. The number of nitrogens with one attached hydrogen (secondary N) is 1. The van der Waals surface area contributed by atoms with Crippen LogP contribution in [0.15, 0.2) is 48.7 Å². The Morgan fingerprint density at radius 1 is 1.00 bits per heavy atom. The van der Waals surface area contributed by atoms with Gasteiger partial charge in [0.05, 0.1) is 11.2 Å². The van der Waals surface area contributed by atoms with Crippen molar-refractivity contribution in [2.24, 2.45) is 5.92 Å². The third kappa shape index (κ3) is 2.63. The minimum absolute atomic E-state index is 0.472. The van der Waals surface area contributed by atoms with Crippen molar-refractivity contribution in [3.8, 4) is 11.3 Å². The molecule has 5 heterocycles. The molecule has 2 aromatic heterocycles. The zero-order valence-electron chi connectivity index (χ0n) is 15.0. The largest absolute Gasteiger partial charge is 0.364 e. The predicted octanol–water partition coefficient (Wildman–Crippen LogP) is 3.59. The first kappa shape index (κ1) is 15.7. The molecule has 3 fully saturated rings. The van der Waals surface area contributed by atoms with Crippen molar-refractivity contribution in [2.75, 3.05) is 18.4 Å². The number of hydrogen-bond acceptors (Lipinski definition) is 5. The van der Waals surface area contributed by atoms with Crippen molar-refractivity contribution in [1.29, 1.82) is 0 Å². The first-order valence-corrected chi connectivity index (χ1v) is 9.48. The maximum atomic E-state index is 4.50.